The van der Waals surface area contributed by atoms with Crippen LogP contribution in [0.5, 0.6) is 0 Å². The molecular formula is C19H30N6O. The number of guanidine groups is 1. The van der Waals surface area contributed by atoms with Crippen LogP contribution in [-0.2, 0) is 24.3 Å². The van der Waals surface area contributed by atoms with Crippen molar-refractivity contribution in [1.82, 2.24) is 25.4 Å². The first-order valence-electron chi connectivity index (χ1n) is 9.26. The Hall–Kier alpha value is -2.41. The van der Waals surface area contributed by atoms with E-state index in [-0.39, 0.29) is 0 Å². The molecule has 2 aromatic rings. The van der Waals surface area contributed by atoms with Crippen LogP contribution in [0.3, 0.4) is 0 Å². The van der Waals surface area contributed by atoms with Crippen LogP contribution >= 0.6 is 0 Å². The highest BCUT2D eigenvalue weighted by Crippen LogP contribution is 2.01. The van der Waals surface area contributed by atoms with E-state index in [0.717, 1.165) is 57.3 Å². The third-order valence-electron chi connectivity index (χ3n) is 4.00. The quantitative estimate of drug-likeness (QED) is 0.365. The molecule has 26 heavy (non-hydrogen) atoms. The van der Waals surface area contributed by atoms with Gasteiger partial charge in [-0.3, -0.25) is 4.99 Å². The summed E-state index contributed by atoms with van der Waals surface area (Å²) in [5.41, 5.74) is 1.22. The number of ether oxygens (including phenoxy) is 1. The van der Waals surface area contributed by atoms with E-state index in [4.69, 9.17) is 4.74 Å². The maximum absolute atomic E-state index is 5.69. The lowest BCUT2D eigenvalue weighted by Gasteiger charge is -2.12. The first-order chi connectivity index (χ1) is 12.8. The molecule has 1 heterocycles. The monoisotopic (exact) mass is 358 g/mol. The van der Waals surface area contributed by atoms with Gasteiger partial charge in [0.25, 0.3) is 0 Å². The third kappa shape index (κ3) is 7.23. The lowest BCUT2D eigenvalue weighted by atomic mass is 10.2. The van der Waals surface area contributed by atoms with Gasteiger partial charge in [-0.2, -0.15) is 0 Å². The molecule has 2 N–H and O–H groups in total. The van der Waals surface area contributed by atoms with E-state index < -0.39 is 0 Å². The second-order valence-corrected chi connectivity index (χ2v) is 5.97. The van der Waals surface area contributed by atoms with Crippen molar-refractivity contribution in [3.8, 4) is 0 Å². The fourth-order valence-corrected chi connectivity index (χ4v) is 2.56. The average molecular weight is 358 g/mol. The number of aromatic nitrogens is 3. The molecule has 0 spiro atoms. The molecule has 7 nitrogen and oxygen atoms in total. The van der Waals surface area contributed by atoms with E-state index >= 15 is 0 Å². The van der Waals surface area contributed by atoms with Crippen LogP contribution in [0.4, 0.5) is 0 Å². The Morgan fingerprint density at radius 1 is 1.15 bits per heavy atom. The first kappa shape index (κ1) is 19.9. The number of hydrogen-bond acceptors (Lipinski definition) is 4. The van der Waals surface area contributed by atoms with Gasteiger partial charge in [-0.25, -0.2) is 0 Å². The summed E-state index contributed by atoms with van der Waals surface area (Å²) in [6.07, 6.45) is 4.73. The highest BCUT2D eigenvalue weighted by atomic mass is 16.5. The van der Waals surface area contributed by atoms with E-state index in [9.17, 15) is 0 Å². The number of aryl methyl sites for hydroxylation is 1. The zero-order valence-electron chi connectivity index (χ0n) is 15.8. The van der Waals surface area contributed by atoms with Crippen LogP contribution < -0.4 is 10.6 Å². The molecule has 0 aliphatic heterocycles. The fourth-order valence-electron chi connectivity index (χ4n) is 2.56. The van der Waals surface area contributed by atoms with E-state index in [2.05, 4.69) is 49.4 Å². The van der Waals surface area contributed by atoms with Gasteiger partial charge in [0.15, 0.2) is 5.96 Å². The molecule has 0 atom stereocenters. The SMILES string of the molecule is CCc1nncn1CCNC(=NC)NCCCCOCc1ccccc1. The van der Waals surface area contributed by atoms with Crippen molar-refractivity contribution in [2.45, 2.75) is 39.3 Å². The number of nitrogens with zero attached hydrogens (tertiary/aromatic N) is 4. The molecule has 0 amide bonds. The Bertz CT molecular complexity index is 640. The fraction of sp³-hybridized carbons (Fsp3) is 0.526. The van der Waals surface area contributed by atoms with Crippen LogP contribution in [0.15, 0.2) is 41.7 Å². The van der Waals surface area contributed by atoms with Gasteiger partial charge >= 0.3 is 0 Å². The highest BCUT2D eigenvalue weighted by Gasteiger charge is 2.02. The standard InChI is InChI=1S/C19H30N6O/c1-3-18-24-23-16-25(18)13-12-22-19(20-2)21-11-7-8-14-26-15-17-9-5-4-6-10-17/h4-6,9-10,16H,3,7-8,11-15H2,1-2H3,(H2,20,21,22). The van der Waals surface area contributed by atoms with Gasteiger partial charge in [-0.15, -0.1) is 10.2 Å². The van der Waals surface area contributed by atoms with Crippen LogP contribution in [0.25, 0.3) is 0 Å². The van der Waals surface area contributed by atoms with Crippen molar-refractivity contribution >= 4 is 5.96 Å². The third-order valence-corrected chi connectivity index (χ3v) is 4.00. The summed E-state index contributed by atoms with van der Waals surface area (Å²) < 4.78 is 7.75. The zero-order valence-corrected chi connectivity index (χ0v) is 15.8. The molecule has 7 heteroatoms. The van der Waals surface area contributed by atoms with Gasteiger partial charge in [0, 0.05) is 39.7 Å². The minimum atomic E-state index is 0.681. The minimum absolute atomic E-state index is 0.681. The normalized spacial score (nSPS) is 11.5. The molecule has 0 fully saturated rings. The van der Waals surface area contributed by atoms with E-state index in [1.165, 1.54) is 5.56 Å². The summed E-state index contributed by atoms with van der Waals surface area (Å²) in [5, 5.41) is 14.7. The van der Waals surface area contributed by atoms with Gasteiger partial charge in [0.05, 0.1) is 6.61 Å². The Morgan fingerprint density at radius 3 is 2.73 bits per heavy atom. The van der Waals surface area contributed by atoms with Gasteiger partial charge < -0.3 is 19.9 Å². The van der Waals surface area contributed by atoms with Gasteiger partial charge in [-0.05, 0) is 18.4 Å². The molecule has 0 saturated carbocycles. The highest BCUT2D eigenvalue weighted by molar-refractivity contribution is 5.79. The molecule has 2 rings (SSSR count). The molecule has 0 radical (unpaired) electrons. The van der Waals surface area contributed by atoms with E-state index in [0.29, 0.717) is 6.61 Å². The van der Waals surface area contributed by atoms with Crippen molar-refractivity contribution in [3.05, 3.63) is 48.0 Å². The average Bonchev–Trinajstić information content (AvgIpc) is 3.14. The maximum atomic E-state index is 5.69. The molecule has 0 aliphatic carbocycles. The number of aliphatic imine (C=N–C) groups is 1. The predicted molar refractivity (Wildman–Crippen MR) is 104 cm³/mol. The summed E-state index contributed by atoms with van der Waals surface area (Å²) in [4.78, 5) is 4.25. The Labute approximate surface area is 155 Å². The second kappa shape index (κ2) is 12.0. The summed E-state index contributed by atoms with van der Waals surface area (Å²) in [6, 6.07) is 10.3. The van der Waals surface area contributed by atoms with Gasteiger partial charge in [0.1, 0.15) is 12.2 Å². The van der Waals surface area contributed by atoms with Gasteiger partial charge in [0.2, 0.25) is 0 Å². The van der Waals surface area contributed by atoms with Crippen molar-refractivity contribution in [3.63, 3.8) is 0 Å². The van der Waals surface area contributed by atoms with Crippen molar-refractivity contribution < 1.29 is 4.74 Å². The molecule has 0 aliphatic rings. The Balaban J connectivity index is 1.50. The van der Waals surface area contributed by atoms with Crippen molar-refractivity contribution in [2.75, 3.05) is 26.7 Å². The number of rotatable bonds is 11. The molecule has 142 valence electrons. The van der Waals surface area contributed by atoms with Crippen LogP contribution in [-0.4, -0.2) is 47.5 Å². The Kier molecular flexibility index (Phi) is 9.21. The lowest BCUT2D eigenvalue weighted by Crippen LogP contribution is -2.39. The maximum Gasteiger partial charge on any atom is 0.191 e. The lowest BCUT2D eigenvalue weighted by molar-refractivity contribution is 0.117. The topological polar surface area (TPSA) is 76.4 Å². The summed E-state index contributed by atoms with van der Waals surface area (Å²) in [6.45, 7) is 6.02. The molecule has 1 aromatic heterocycles. The second-order valence-electron chi connectivity index (χ2n) is 5.97. The van der Waals surface area contributed by atoms with Crippen LogP contribution in [0.1, 0.15) is 31.2 Å². The predicted octanol–water partition coefficient (Wildman–Crippen LogP) is 2.00. The van der Waals surface area contributed by atoms with E-state index in [1.807, 2.05) is 18.2 Å². The number of nitrogens with one attached hydrogen (secondary N) is 2. The number of unbranched alkanes of at least 4 members (excludes halogenated alkanes) is 1. The molecule has 0 unspecified atom stereocenters. The van der Waals surface area contributed by atoms with E-state index in [1.54, 1.807) is 13.4 Å². The first-order valence-corrected chi connectivity index (χ1v) is 9.26. The summed E-state index contributed by atoms with van der Waals surface area (Å²) in [7, 11) is 1.79. The number of benzene rings is 1. The summed E-state index contributed by atoms with van der Waals surface area (Å²) in [5.74, 6) is 1.83. The van der Waals surface area contributed by atoms with Crippen LogP contribution in [0.2, 0.25) is 0 Å². The zero-order chi connectivity index (χ0) is 18.5. The van der Waals surface area contributed by atoms with Gasteiger partial charge in [-0.1, -0.05) is 37.3 Å². The molecule has 1 aromatic carbocycles. The summed E-state index contributed by atoms with van der Waals surface area (Å²) >= 11 is 0. The minimum Gasteiger partial charge on any atom is -0.377 e. The smallest absolute Gasteiger partial charge is 0.191 e. The number of hydrogen-bond donors (Lipinski definition) is 2. The molecule has 0 bridgehead atoms. The van der Waals surface area contributed by atoms with Crippen molar-refractivity contribution in [1.29, 1.82) is 0 Å². The Morgan fingerprint density at radius 2 is 1.96 bits per heavy atom. The van der Waals surface area contributed by atoms with Crippen molar-refractivity contribution in [2.24, 2.45) is 4.99 Å². The molecular weight excluding hydrogens is 328 g/mol. The largest absolute Gasteiger partial charge is 0.377 e. The van der Waals surface area contributed by atoms with Crippen LogP contribution in [0, 0.1) is 0 Å². The molecule has 0 saturated heterocycles.